The highest BCUT2D eigenvalue weighted by molar-refractivity contribution is 8.04. The van der Waals surface area contributed by atoms with Crippen LogP contribution in [0.15, 0.2) is 99.1 Å². The van der Waals surface area contributed by atoms with Crippen molar-refractivity contribution in [3.63, 3.8) is 0 Å². The smallest absolute Gasteiger partial charge is 0.262 e. The second kappa shape index (κ2) is 9.73. The first-order valence-corrected chi connectivity index (χ1v) is 12.8. The van der Waals surface area contributed by atoms with Crippen molar-refractivity contribution >= 4 is 52.1 Å². The third-order valence-corrected chi connectivity index (χ3v) is 7.92. The lowest BCUT2D eigenvalue weighted by atomic mass is 9.82. The van der Waals surface area contributed by atoms with Crippen LogP contribution in [-0.4, -0.2) is 16.0 Å². The minimum Gasteiger partial charge on any atom is -0.511 e. The van der Waals surface area contributed by atoms with Crippen molar-refractivity contribution in [2.45, 2.75) is 16.9 Å². The van der Waals surface area contributed by atoms with Gasteiger partial charge in [-0.05, 0) is 70.9 Å². The van der Waals surface area contributed by atoms with Gasteiger partial charge in [0.05, 0.1) is 10.7 Å². The maximum Gasteiger partial charge on any atom is 0.262 e. The summed E-state index contributed by atoms with van der Waals surface area (Å²) in [6.07, 6.45) is 0.120. The number of amides is 1. The van der Waals surface area contributed by atoms with Gasteiger partial charge in [-0.2, -0.15) is 11.3 Å². The van der Waals surface area contributed by atoms with Crippen molar-refractivity contribution in [1.29, 1.82) is 0 Å². The average Bonchev–Trinajstić information content (AvgIpc) is 3.40. The molecule has 1 amide bonds. The first-order chi connectivity index (χ1) is 16.9. The SMILES string of the molecule is O=C1NC(c2ccsc2)(c2cccc(Nc3ccc(F)cc3)n2)CC(O)=C1Sc1ccccc1Cl. The lowest BCUT2D eigenvalue weighted by molar-refractivity contribution is -0.119. The van der Waals surface area contributed by atoms with Crippen molar-refractivity contribution in [3.8, 4) is 0 Å². The zero-order valence-corrected chi connectivity index (χ0v) is 20.6. The van der Waals surface area contributed by atoms with E-state index in [0.717, 1.165) is 17.3 Å². The van der Waals surface area contributed by atoms with Crippen molar-refractivity contribution in [1.82, 2.24) is 10.3 Å². The summed E-state index contributed by atoms with van der Waals surface area (Å²) in [6, 6.07) is 20.5. The molecule has 1 aliphatic rings. The number of thioether (sulfide) groups is 1. The molecule has 3 N–H and O–H groups in total. The molecule has 0 fully saturated rings. The summed E-state index contributed by atoms with van der Waals surface area (Å²) < 4.78 is 13.3. The number of aliphatic hydroxyl groups is 1. The van der Waals surface area contributed by atoms with Gasteiger partial charge in [0.1, 0.15) is 27.8 Å². The maximum atomic E-state index is 13.3. The van der Waals surface area contributed by atoms with Crippen LogP contribution in [0.5, 0.6) is 0 Å². The average molecular weight is 524 g/mol. The number of halogens is 2. The van der Waals surface area contributed by atoms with Crippen molar-refractivity contribution in [2.24, 2.45) is 0 Å². The van der Waals surface area contributed by atoms with Crippen LogP contribution in [0.4, 0.5) is 15.9 Å². The van der Waals surface area contributed by atoms with Gasteiger partial charge in [0.2, 0.25) is 0 Å². The molecule has 2 aromatic carbocycles. The van der Waals surface area contributed by atoms with Gasteiger partial charge in [-0.1, -0.05) is 41.6 Å². The molecule has 2 aromatic heterocycles. The molecule has 0 saturated heterocycles. The van der Waals surface area contributed by atoms with Crippen LogP contribution >= 0.6 is 34.7 Å². The Morgan fingerprint density at radius 1 is 1.09 bits per heavy atom. The first-order valence-electron chi connectivity index (χ1n) is 10.6. The Hall–Kier alpha value is -3.33. The van der Waals surface area contributed by atoms with Crippen molar-refractivity contribution < 1.29 is 14.3 Å². The number of aliphatic hydroxyl groups excluding tert-OH is 1. The maximum absolute atomic E-state index is 13.3. The fourth-order valence-electron chi connectivity index (χ4n) is 3.91. The molecule has 4 aromatic rings. The van der Waals surface area contributed by atoms with Crippen molar-refractivity contribution in [3.05, 3.63) is 116 Å². The van der Waals surface area contributed by atoms with Gasteiger partial charge in [-0.3, -0.25) is 4.79 Å². The molecule has 3 heterocycles. The molecule has 0 saturated carbocycles. The second-order valence-corrected chi connectivity index (χ2v) is 10.1. The Kier molecular flexibility index (Phi) is 6.51. The normalized spacial score (nSPS) is 17.8. The third-order valence-electron chi connectivity index (χ3n) is 5.59. The number of benzene rings is 2. The minimum absolute atomic E-state index is 0.0384. The summed E-state index contributed by atoms with van der Waals surface area (Å²) in [7, 11) is 0. The summed E-state index contributed by atoms with van der Waals surface area (Å²) in [6.45, 7) is 0. The number of rotatable bonds is 6. The summed E-state index contributed by atoms with van der Waals surface area (Å²) in [5.74, 6) is -0.254. The van der Waals surface area contributed by atoms with Crippen LogP contribution in [0.1, 0.15) is 17.7 Å². The summed E-state index contributed by atoms with van der Waals surface area (Å²) in [5, 5.41) is 21.7. The van der Waals surface area contributed by atoms with E-state index in [4.69, 9.17) is 16.6 Å². The number of anilines is 2. The van der Waals surface area contributed by atoms with E-state index in [1.807, 2.05) is 41.1 Å². The van der Waals surface area contributed by atoms with Crippen LogP contribution in [-0.2, 0) is 10.3 Å². The van der Waals surface area contributed by atoms with Gasteiger partial charge in [-0.15, -0.1) is 0 Å². The predicted molar refractivity (Wildman–Crippen MR) is 139 cm³/mol. The van der Waals surface area contributed by atoms with Gasteiger partial charge in [0.25, 0.3) is 5.91 Å². The van der Waals surface area contributed by atoms with E-state index >= 15 is 0 Å². The number of hydrogen-bond donors (Lipinski definition) is 3. The van der Waals surface area contributed by atoms with Gasteiger partial charge in [-0.25, -0.2) is 9.37 Å². The number of pyridine rings is 1. The van der Waals surface area contributed by atoms with Crippen LogP contribution in [0.2, 0.25) is 5.02 Å². The molecule has 0 radical (unpaired) electrons. The van der Waals surface area contributed by atoms with Gasteiger partial charge >= 0.3 is 0 Å². The zero-order chi connectivity index (χ0) is 24.4. The van der Waals surface area contributed by atoms with E-state index in [1.54, 1.807) is 30.3 Å². The minimum atomic E-state index is -1.06. The third kappa shape index (κ3) is 4.77. The summed E-state index contributed by atoms with van der Waals surface area (Å²) in [5.41, 5.74) is 0.987. The monoisotopic (exact) mass is 523 g/mol. The van der Waals surface area contributed by atoms with E-state index in [0.29, 0.717) is 27.1 Å². The largest absolute Gasteiger partial charge is 0.511 e. The van der Waals surface area contributed by atoms with Crippen molar-refractivity contribution in [2.75, 3.05) is 5.32 Å². The number of thiophene rings is 1. The quantitative estimate of drug-likeness (QED) is 0.253. The molecular weight excluding hydrogens is 505 g/mol. The molecule has 1 atom stereocenters. The Morgan fingerprint density at radius 3 is 2.60 bits per heavy atom. The highest BCUT2D eigenvalue weighted by Gasteiger charge is 2.44. The van der Waals surface area contributed by atoms with E-state index in [9.17, 15) is 14.3 Å². The predicted octanol–water partition coefficient (Wildman–Crippen LogP) is 7.00. The van der Waals surface area contributed by atoms with E-state index < -0.39 is 11.4 Å². The lowest BCUT2D eigenvalue weighted by Crippen LogP contribution is -2.50. The fourth-order valence-corrected chi connectivity index (χ4v) is 5.75. The Morgan fingerprint density at radius 2 is 1.89 bits per heavy atom. The second-order valence-electron chi connectivity index (χ2n) is 7.90. The fraction of sp³-hybridized carbons (Fsp3) is 0.0769. The van der Waals surface area contributed by atoms with Crippen LogP contribution in [0.25, 0.3) is 0 Å². The summed E-state index contributed by atoms with van der Waals surface area (Å²) >= 11 is 8.89. The highest BCUT2D eigenvalue weighted by Crippen LogP contribution is 2.43. The molecule has 1 aliphatic heterocycles. The molecule has 0 bridgehead atoms. The molecule has 1 unspecified atom stereocenters. The van der Waals surface area contributed by atoms with Gasteiger partial charge in [0, 0.05) is 17.0 Å². The Bertz CT molecular complexity index is 1410. The standard InChI is InChI=1S/C26H19ClFN3O2S2/c27-19-4-1-2-5-21(19)35-24-20(32)14-26(31-25(24)33,16-12-13-34-15-16)22-6-3-7-23(30-22)29-18-10-8-17(28)9-11-18/h1-13,15,32H,14H2,(H,29,30)(H,31,33). The Balaban J connectivity index is 1.52. The number of hydrogen-bond acceptors (Lipinski definition) is 6. The zero-order valence-electron chi connectivity index (χ0n) is 18.2. The lowest BCUT2D eigenvalue weighted by Gasteiger charge is -2.37. The molecule has 0 spiro atoms. The highest BCUT2D eigenvalue weighted by atomic mass is 35.5. The van der Waals surface area contributed by atoms with Crippen LogP contribution in [0.3, 0.4) is 0 Å². The molecule has 5 nitrogen and oxygen atoms in total. The molecular formula is C26H19ClFN3O2S2. The van der Waals surface area contributed by atoms with Gasteiger partial charge < -0.3 is 15.7 Å². The summed E-state index contributed by atoms with van der Waals surface area (Å²) in [4.78, 5) is 19.0. The van der Waals surface area contributed by atoms with E-state index in [-0.39, 0.29) is 22.9 Å². The number of carbonyl (C=O) groups excluding carboxylic acids is 1. The van der Waals surface area contributed by atoms with E-state index in [1.165, 1.54) is 23.5 Å². The molecule has 0 aliphatic carbocycles. The molecule has 35 heavy (non-hydrogen) atoms. The Labute approximate surface area is 214 Å². The number of nitrogens with one attached hydrogen (secondary N) is 2. The van der Waals surface area contributed by atoms with Crippen LogP contribution < -0.4 is 10.6 Å². The molecule has 5 rings (SSSR count). The molecule has 176 valence electrons. The topological polar surface area (TPSA) is 74.2 Å². The number of carbonyl (C=O) groups is 1. The number of nitrogens with zero attached hydrogens (tertiary/aromatic N) is 1. The number of aromatic nitrogens is 1. The van der Waals surface area contributed by atoms with E-state index in [2.05, 4.69) is 10.6 Å². The first kappa shape index (κ1) is 23.4. The van der Waals surface area contributed by atoms with Gasteiger partial charge in [0.15, 0.2) is 0 Å². The molecule has 9 heteroatoms. The van der Waals surface area contributed by atoms with Crippen LogP contribution in [0, 0.1) is 5.82 Å².